The van der Waals surface area contributed by atoms with Crippen molar-refractivity contribution in [3.05, 3.63) is 101 Å². The second-order valence-corrected chi connectivity index (χ2v) is 9.60. The lowest BCUT2D eigenvalue weighted by Crippen LogP contribution is -2.29. The van der Waals surface area contributed by atoms with Gasteiger partial charge in [0.15, 0.2) is 16.6 Å². The summed E-state index contributed by atoms with van der Waals surface area (Å²) < 4.78 is 13.4. The summed E-state index contributed by atoms with van der Waals surface area (Å²) in [5.74, 6) is 1.55. The fraction of sp³-hybridized carbons (Fsp3) is 0.241. The maximum absolute atomic E-state index is 5.92. The number of nitrogens with one attached hydrogen (secondary N) is 1. The highest BCUT2D eigenvalue weighted by Gasteiger charge is 2.42. The average Bonchev–Trinajstić information content (AvgIpc) is 3.59. The first-order valence-corrected chi connectivity index (χ1v) is 12.6. The summed E-state index contributed by atoms with van der Waals surface area (Å²) >= 11 is 5.92. The van der Waals surface area contributed by atoms with E-state index in [4.69, 9.17) is 26.7 Å². The van der Waals surface area contributed by atoms with Crippen LogP contribution in [0.5, 0.6) is 11.5 Å². The number of hydrogen-bond acceptors (Lipinski definition) is 4. The van der Waals surface area contributed by atoms with E-state index < -0.39 is 0 Å². The van der Waals surface area contributed by atoms with Crippen molar-refractivity contribution in [1.82, 2.24) is 14.9 Å². The summed E-state index contributed by atoms with van der Waals surface area (Å²) in [6.07, 6.45) is 2.84. The molecule has 7 heteroatoms. The number of benzene rings is 2. The molecule has 1 saturated heterocycles. The molecule has 1 N–H and O–H groups in total. The van der Waals surface area contributed by atoms with Gasteiger partial charge >= 0.3 is 0 Å². The van der Waals surface area contributed by atoms with E-state index in [0.29, 0.717) is 5.11 Å². The Morgan fingerprint density at radius 2 is 1.75 bits per heavy atom. The Hall–Kier alpha value is -3.84. The molecule has 0 spiro atoms. The predicted octanol–water partition coefficient (Wildman–Crippen LogP) is 5.96. The molecule has 2 aromatic carbocycles. The number of nitrogens with zero attached hydrogens (tertiary/aromatic N) is 3. The number of thiocarbonyl (C=S) groups is 1. The fourth-order valence-corrected chi connectivity index (χ4v) is 5.70. The van der Waals surface area contributed by atoms with Gasteiger partial charge in [-0.1, -0.05) is 25.1 Å². The number of aryl methyl sites for hydroxylation is 2. The number of ether oxygens (including phenoxy) is 2. The van der Waals surface area contributed by atoms with Gasteiger partial charge in [-0.05, 0) is 86.1 Å². The van der Waals surface area contributed by atoms with Gasteiger partial charge in [0.2, 0.25) is 6.79 Å². The van der Waals surface area contributed by atoms with Gasteiger partial charge in [0.1, 0.15) is 0 Å². The number of pyridine rings is 1. The maximum atomic E-state index is 5.92. The Labute approximate surface area is 216 Å². The second kappa shape index (κ2) is 8.99. The molecule has 0 bridgehead atoms. The summed E-state index contributed by atoms with van der Waals surface area (Å²) in [6.45, 7) is 6.73. The van der Waals surface area contributed by atoms with E-state index in [9.17, 15) is 0 Å². The van der Waals surface area contributed by atoms with E-state index in [1.807, 2.05) is 30.5 Å². The molecule has 2 atom stereocenters. The number of hydrogen-bond donors (Lipinski definition) is 1. The van der Waals surface area contributed by atoms with E-state index in [-0.39, 0.29) is 18.9 Å². The van der Waals surface area contributed by atoms with Crippen molar-refractivity contribution in [2.24, 2.45) is 0 Å². The summed E-state index contributed by atoms with van der Waals surface area (Å²) in [5, 5.41) is 4.28. The monoisotopic (exact) mass is 496 g/mol. The molecule has 2 aromatic heterocycles. The minimum atomic E-state index is -0.0877. The lowest BCUT2D eigenvalue weighted by atomic mass is 9.96. The number of fused-ring (bicyclic) bond motifs is 1. The summed E-state index contributed by atoms with van der Waals surface area (Å²) in [7, 11) is 0. The van der Waals surface area contributed by atoms with E-state index in [1.165, 1.54) is 11.1 Å². The largest absolute Gasteiger partial charge is 0.454 e. The molecule has 0 aliphatic carbocycles. The molecule has 0 unspecified atom stereocenters. The first kappa shape index (κ1) is 22.6. The average molecular weight is 497 g/mol. The third kappa shape index (κ3) is 3.71. The normalized spacial score (nSPS) is 18.5. The van der Waals surface area contributed by atoms with Gasteiger partial charge in [0, 0.05) is 35.0 Å². The van der Waals surface area contributed by atoms with Crippen LogP contribution in [-0.2, 0) is 6.42 Å². The topological polar surface area (TPSA) is 51.6 Å². The van der Waals surface area contributed by atoms with Crippen molar-refractivity contribution < 1.29 is 9.47 Å². The Bertz CT molecular complexity index is 1430. The highest BCUT2D eigenvalue weighted by atomic mass is 32.1. The highest BCUT2D eigenvalue weighted by molar-refractivity contribution is 7.80. The molecular weight excluding hydrogens is 468 g/mol. The molecule has 2 aliphatic rings. The van der Waals surface area contributed by atoms with E-state index in [1.54, 1.807) is 0 Å². The number of anilines is 1. The van der Waals surface area contributed by atoms with Crippen LogP contribution in [0.3, 0.4) is 0 Å². The SMILES string of the molecule is CCc1ccc(N2C(=S)N[C@@H](c3ccccn3)[C@@H]2c2cc(C)n(-c3ccc4c(c3)OCO4)c2C)cc1. The third-order valence-corrected chi connectivity index (χ3v) is 7.44. The van der Waals surface area contributed by atoms with Crippen molar-refractivity contribution in [2.45, 2.75) is 39.3 Å². The van der Waals surface area contributed by atoms with Crippen molar-refractivity contribution in [3.8, 4) is 17.2 Å². The van der Waals surface area contributed by atoms with Crippen LogP contribution >= 0.6 is 12.2 Å². The zero-order chi connectivity index (χ0) is 24.8. The van der Waals surface area contributed by atoms with Crippen molar-refractivity contribution in [1.29, 1.82) is 0 Å². The Kier molecular flexibility index (Phi) is 5.64. The second-order valence-electron chi connectivity index (χ2n) is 9.22. The van der Waals surface area contributed by atoms with Crippen LogP contribution in [-0.4, -0.2) is 21.5 Å². The molecule has 36 heavy (non-hydrogen) atoms. The molecule has 0 saturated carbocycles. The minimum absolute atomic E-state index is 0.0613. The molecule has 1 fully saturated rings. The van der Waals surface area contributed by atoms with Gasteiger partial charge in [-0.15, -0.1) is 0 Å². The Morgan fingerprint density at radius 1 is 0.972 bits per heavy atom. The zero-order valence-electron chi connectivity index (χ0n) is 20.6. The molecule has 4 aromatic rings. The Balaban J connectivity index is 1.48. The molecule has 182 valence electrons. The number of aromatic nitrogens is 2. The predicted molar refractivity (Wildman–Crippen MR) is 145 cm³/mol. The van der Waals surface area contributed by atoms with E-state index in [0.717, 1.165) is 46.4 Å². The van der Waals surface area contributed by atoms with Gasteiger partial charge in [0.05, 0.1) is 17.8 Å². The van der Waals surface area contributed by atoms with Crippen LogP contribution in [0, 0.1) is 13.8 Å². The van der Waals surface area contributed by atoms with Gasteiger partial charge in [-0.2, -0.15) is 0 Å². The molecule has 4 heterocycles. The van der Waals surface area contributed by atoms with Crippen LogP contribution in [0.1, 0.15) is 47.2 Å². The van der Waals surface area contributed by atoms with Crippen LogP contribution in [0.4, 0.5) is 5.69 Å². The standard InChI is InChI=1S/C29H28N4O2S/c1-4-20-8-10-21(11-9-20)33-28(27(31-29(33)36)24-7-5-6-14-30-24)23-15-18(2)32(19(23)3)22-12-13-25-26(16-22)35-17-34-25/h5-16,27-28H,4,17H2,1-3H3,(H,31,36)/t27-,28-/m0/s1. The molecule has 0 amide bonds. The smallest absolute Gasteiger partial charge is 0.231 e. The fourth-order valence-electron chi connectivity index (χ4n) is 5.35. The van der Waals surface area contributed by atoms with Crippen molar-refractivity contribution >= 4 is 23.0 Å². The Morgan fingerprint density at radius 3 is 2.50 bits per heavy atom. The first-order valence-electron chi connectivity index (χ1n) is 12.2. The summed E-state index contributed by atoms with van der Waals surface area (Å²) in [5.41, 5.74) is 7.87. The van der Waals surface area contributed by atoms with E-state index >= 15 is 0 Å². The zero-order valence-corrected chi connectivity index (χ0v) is 21.4. The van der Waals surface area contributed by atoms with Crippen molar-refractivity contribution in [2.75, 3.05) is 11.7 Å². The highest BCUT2D eigenvalue weighted by Crippen LogP contribution is 2.44. The lowest BCUT2D eigenvalue weighted by molar-refractivity contribution is 0.174. The van der Waals surface area contributed by atoms with Gasteiger partial charge in [-0.25, -0.2) is 0 Å². The van der Waals surface area contributed by atoms with Crippen molar-refractivity contribution in [3.63, 3.8) is 0 Å². The quantitative estimate of drug-likeness (QED) is 0.344. The summed E-state index contributed by atoms with van der Waals surface area (Å²) in [6, 6.07) is 22.9. The first-order chi connectivity index (χ1) is 17.5. The molecule has 2 aliphatic heterocycles. The van der Waals surface area contributed by atoms with Crippen LogP contribution < -0.4 is 19.7 Å². The maximum Gasteiger partial charge on any atom is 0.231 e. The molecule has 6 nitrogen and oxygen atoms in total. The molecular formula is C29H28N4O2S. The molecule has 6 rings (SSSR count). The minimum Gasteiger partial charge on any atom is -0.454 e. The molecule has 0 radical (unpaired) electrons. The number of rotatable bonds is 5. The van der Waals surface area contributed by atoms with Crippen LogP contribution in [0.2, 0.25) is 0 Å². The van der Waals surface area contributed by atoms with Gasteiger partial charge < -0.3 is 24.3 Å². The van der Waals surface area contributed by atoms with Crippen LogP contribution in [0.15, 0.2) is 72.9 Å². The van der Waals surface area contributed by atoms with Gasteiger partial charge in [-0.3, -0.25) is 4.98 Å². The third-order valence-electron chi connectivity index (χ3n) is 7.12. The van der Waals surface area contributed by atoms with Gasteiger partial charge in [0.25, 0.3) is 0 Å². The lowest BCUT2D eigenvalue weighted by Gasteiger charge is -2.28. The summed E-state index contributed by atoms with van der Waals surface area (Å²) in [4.78, 5) is 6.93. The van der Waals surface area contributed by atoms with E-state index in [2.05, 4.69) is 78.0 Å². The van der Waals surface area contributed by atoms with Crippen LogP contribution in [0.25, 0.3) is 5.69 Å².